The van der Waals surface area contributed by atoms with Crippen molar-refractivity contribution in [1.82, 2.24) is 5.32 Å². The van der Waals surface area contributed by atoms with E-state index in [-0.39, 0.29) is 19.0 Å². The van der Waals surface area contributed by atoms with E-state index in [0.29, 0.717) is 39.1 Å². The number of hydrogen-bond donors (Lipinski definition) is 4. The molecule has 0 aromatic rings. The van der Waals surface area contributed by atoms with Gasteiger partial charge < -0.3 is 25.4 Å². The van der Waals surface area contributed by atoms with Crippen molar-refractivity contribution in [2.24, 2.45) is 0 Å². The summed E-state index contributed by atoms with van der Waals surface area (Å²) >= 11 is 0. The maximum absolute atomic E-state index is 9.98. The molecule has 0 aromatic heterocycles. The summed E-state index contributed by atoms with van der Waals surface area (Å²) in [4.78, 5) is 0. The van der Waals surface area contributed by atoms with E-state index in [0.717, 1.165) is 0 Å². The Bertz CT molecular complexity index is 168. The van der Waals surface area contributed by atoms with Crippen LogP contribution in [0.1, 0.15) is 26.7 Å². The molecule has 0 aliphatic carbocycles. The standard InChI is InChI=1S/C11H25NO4.ClH/c1-3-11(15,4-2)10(14)9-12-5-7-16-8-6-13;/h10,12-15H,3-9H2,1-2H3;1H. The normalized spacial score (nSPS) is 13.2. The summed E-state index contributed by atoms with van der Waals surface area (Å²) in [5.74, 6) is 0. The lowest BCUT2D eigenvalue weighted by molar-refractivity contribution is -0.0784. The molecule has 0 bridgehead atoms. The Morgan fingerprint density at radius 3 is 2.29 bits per heavy atom. The van der Waals surface area contributed by atoms with Crippen LogP contribution < -0.4 is 5.32 Å². The number of nitrogens with one attached hydrogen (secondary N) is 1. The molecule has 0 amide bonds. The molecule has 0 saturated heterocycles. The average Bonchev–Trinajstić information content (AvgIpc) is 2.32. The van der Waals surface area contributed by atoms with Gasteiger partial charge in [0.2, 0.25) is 0 Å². The smallest absolute Gasteiger partial charge is 0.0950 e. The van der Waals surface area contributed by atoms with Gasteiger partial charge in [-0.1, -0.05) is 13.8 Å². The minimum absolute atomic E-state index is 0. The fraction of sp³-hybridized carbons (Fsp3) is 1.00. The Balaban J connectivity index is 0. The molecular weight excluding hydrogens is 246 g/mol. The number of ether oxygens (including phenoxy) is 1. The summed E-state index contributed by atoms with van der Waals surface area (Å²) in [5, 5.41) is 31.2. The van der Waals surface area contributed by atoms with Crippen molar-refractivity contribution in [3.8, 4) is 0 Å². The van der Waals surface area contributed by atoms with Crippen LogP contribution in [0.3, 0.4) is 0 Å². The summed E-state index contributed by atoms with van der Waals surface area (Å²) < 4.78 is 5.05. The largest absolute Gasteiger partial charge is 0.394 e. The van der Waals surface area contributed by atoms with Gasteiger partial charge in [0.25, 0.3) is 0 Å². The van der Waals surface area contributed by atoms with Crippen molar-refractivity contribution in [2.75, 3.05) is 32.9 Å². The van der Waals surface area contributed by atoms with Gasteiger partial charge in [-0.3, -0.25) is 0 Å². The molecule has 5 nitrogen and oxygen atoms in total. The van der Waals surface area contributed by atoms with Crippen molar-refractivity contribution in [1.29, 1.82) is 0 Å². The van der Waals surface area contributed by atoms with E-state index in [1.807, 2.05) is 13.8 Å². The van der Waals surface area contributed by atoms with E-state index in [1.165, 1.54) is 0 Å². The third kappa shape index (κ3) is 7.91. The molecule has 6 heteroatoms. The molecule has 17 heavy (non-hydrogen) atoms. The summed E-state index contributed by atoms with van der Waals surface area (Å²) in [5.41, 5.74) is -1.00. The van der Waals surface area contributed by atoms with Gasteiger partial charge in [-0.05, 0) is 12.8 Å². The molecule has 0 aliphatic rings. The number of aliphatic hydroxyl groups is 3. The Labute approximate surface area is 110 Å². The summed E-state index contributed by atoms with van der Waals surface area (Å²) in [6.45, 7) is 5.51. The van der Waals surface area contributed by atoms with E-state index >= 15 is 0 Å². The highest BCUT2D eigenvalue weighted by Gasteiger charge is 2.31. The molecule has 0 saturated carbocycles. The van der Waals surface area contributed by atoms with Crippen LogP contribution in [0.25, 0.3) is 0 Å². The van der Waals surface area contributed by atoms with Crippen LogP contribution in [-0.2, 0) is 4.74 Å². The molecule has 106 valence electrons. The zero-order valence-electron chi connectivity index (χ0n) is 10.7. The van der Waals surface area contributed by atoms with Gasteiger partial charge in [0.15, 0.2) is 0 Å². The minimum Gasteiger partial charge on any atom is -0.394 e. The highest BCUT2D eigenvalue weighted by Crippen LogP contribution is 2.18. The summed E-state index contributed by atoms with van der Waals surface area (Å²) in [7, 11) is 0. The van der Waals surface area contributed by atoms with Crippen LogP contribution in [0.2, 0.25) is 0 Å². The zero-order chi connectivity index (χ0) is 12.4. The first-order valence-electron chi connectivity index (χ1n) is 5.90. The van der Waals surface area contributed by atoms with Crippen LogP contribution in [0.4, 0.5) is 0 Å². The van der Waals surface area contributed by atoms with Gasteiger partial charge in [0, 0.05) is 13.1 Å². The Kier molecular flexibility index (Phi) is 12.8. The molecule has 0 aromatic carbocycles. The predicted molar refractivity (Wildman–Crippen MR) is 69.6 cm³/mol. The van der Waals surface area contributed by atoms with E-state index < -0.39 is 11.7 Å². The van der Waals surface area contributed by atoms with Gasteiger partial charge in [-0.25, -0.2) is 0 Å². The molecular formula is C11H26ClNO4. The van der Waals surface area contributed by atoms with E-state index in [9.17, 15) is 10.2 Å². The van der Waals surface area contributed by atoms with Crippen molar-refractivity contribution >= 4 is 12.4 Å². The molecule has 1 unspecified atom stereocenters. The zero-order valence-corrected chi connectivity index (χ0v) is 11.5. The number of hydrogen-bond acceptors (Lipinski definition) is 5. The van der Waals surface area contributed by atoms with Gasteiger partial charge >= 0.3 is 0 Å². The Hall–Kier alpha value is 0.0900. The second-order valence-corrected chi connectivity index (χ2v) is 3.87. The third-order valence-corrected chi connectivity index (χ3v) is 2.84. The molecule has 0 fully saturated rings. The van der Waals surface area contributed by atoms with Gasteiger partial charge in [-0.2, -0.15) is 0 Å². The van der Waals surface area contributed by atoms with Crippen molar-refractivity contribution in [3.63, 3.8) is 0 Å². The van der Waals surface area contributed by atoms with Crippen LogP contribution in [0.5, 0.6) is 0 Å². The minimum atomic E-state index is -1.00. The second kappa shape index (κ2) is 11.2. The van der Waals surface area contributed by atoms with Crippen molar-refractivity contribution in [2.45, 2.75) is 38.4 Å². The van der Waals surface area contributed by atoms with Crippen LogP contribution in [0.15, 0.2) is 0 Å². The molecule has 1 atom stereocenters. The Morgan fingerprint density at radius 1 is 1.24 bits per heavy atom. The van der Waals surface area contributed by atoms with Gasteiger partial charge in [0.1, 0.15) is 0 Å². The quantitative estimate of drug-likeness (QED) is 0.418. The third-order valence-electron chi connectivity index (χ3n) is 2.84. The van der Waals surface area contributed by atoms with Crippen LogP contribution >= 0.6 is 12.4 Å². The number of aliphatic hydroxyl groups excluding tert-OH is 2. The van der Waals surface area contributed by atoms with E-state index in [2.05, 4.69) is 5.32 Å². The summed E-state index contributed by atoms with van der Waals surface area (Å²) in [6, 6.07) is 0. The lowest BCUT2D eigenvalue weighted by Crippen LogP contribution is -2.47. The lowest BCUT2D eigenvalue weighted by Gasteiger charge is -2.31. The maximum atomic E-state index is 9.98. The SMILES string of the molecule is CCC(O)(CC)C(O)CNCCOCCO.Cl. The highest BCUT2D eigenvalue weighted by atomic mass is 35.5. The first-order chi connectivity index (χ1) is 7.60. The molecule has 0 radical (unpaired) electrons. The molecule has 0 aliphatic heterocycles. The topological polar surface area (TPSA) is 82.0 Å². The fourth-order valence-corrected chi connectivity index (χ4v) is 1.46. The van der Waals surface area contributed by atoms with Gasteiger partial charge in [-0.15, -0.1) is 12.4 Å². The van der Waals surface area contributed by atoms with Crippen molar-refractivity contribution < 1.29 is 20.1 Å². The molecule has 0 spiro atoms. The number of rotatable bonds is 10. The lowest BCUT2D eigenvalue weighted by atomic mass is 9.91. The van der Waals surface area contributed by atoms with E-state index in [1.54, 1.807) is 0 Å². The van der Waals surface area contributed by atoms with Gasteiger partial charge in [0.05, 0.1) is 31.5 Å². The van der Waals surface area contributed by atoms with Crippen molar-refractivity contribution in [3.05, 3.63) is 0 Å². The fourth-order valence-electron chi connectivity index (χ4n) is 1.46. The maximum Gasteiger partial charge on any atom is 0.0950 e. The van der Waals surface area contributed by atoms with Crippen LogP contribution in [0, 0.1) is 0 Å². The summed E-state index contributed by atoms with van der Waals surface area (Å²) in [6.07, 6.45) is 0.307. The van der Waals surface area contributed by atoms with E-state index in [4.69, 9.17) is 9.84 Å². The molecule has 0 rings (SSSR count). The monoisotopic (exact) mass is 271 g/mol. The molecule has 0 heterocycles. The Morgan fingerprint density at radius 2 is 1.82 bits per heavy atom. The first-order valence-corrected chi connectivity index (χ1v) is 5.90. The number of halogens is 1. The second-order valence-electron chi connectivity index (χ2n) is 3.87. The average molecular weight is 272 g/mol. The highest BCUT2D eigenvalue weighted by molar-refractivity contribution is 5.85. The predicted octanol–water partition coefficient (Wildman–Crippen LogP) is -0.0813. The first kappa shape index (κ1) is 19.4. The van der Waals surface area contributed by atoms with Crippen LogP contribution in [-0.4, -0.2) is 59.9 Å². The molecule has 4 N–H and O–H groups in total.